The molecule has 33 heavy (non-hydrogen) atoms. The Morgan fingerprint density at radius 1 is 1.06 bits per heavy atom. The van der Waals surface area contributed by atoms with Gasteiger partial charge in [-0.2, -0.15) is 0 Å². The van der Waals surface area contributed by atoms with Crippen LogP contribution in [0.4, 0.5) is 5.69 Å². The zero-order valence-corrected chi connectivity index (χ0v) is 19.4. The lowest BCUT2D eigenvalue weighted by Crippen LogP contribution is -2.38. The molecule has 0 atom stereocenters. The zero-order chi connectivity index (χ0) is 23.6. The Bertz CT molecular complexity index is 1180. The molecule has 0 saturated heterocycles. The van der Waals surface area contributed by atoms with Gasteiger partial charge in [0.2, 0.25) is 15.9 Å². The molecule has 0 aromatic heterocycles. The summed E-state index contributed by atoms with van der Waals surface area (Å²) in [4.78, 5) is 27.2. The van der Waals surface area contributed by atoms with Crippen LogP contribution in [0.5, 0.6) is 11.5 Å². The highest BCUT2D eigenvalue weighted by molar-refractivity contribution is 7.89. The maximum absolute atomic E-state index is 13.2. The van der Waals surface area contributed by atoms with Crippen LogP contribution < -0.4 is 19.5 Å². The summed E-state index contributed by atoms with van der Waals surface area (Å²) in [5.74, 6) is 0.386. The van der Waals surface area contributed by atoms with Crippen LogP contribution in [0, 0.1) is 6.92 Å². The first-order valence-electron chi connectivity index (χ1n) is 10.9. The van der Waals surface area contributed by atoms with Gasteiger partial charge in [0.1, 0.15) is 19.8 Å². The third-order valence-electron chi connectivity index (χ3n) is 5.48. The summed E-state index contributed by atoms with van der Waals surface area (Å²) in [5, 5.41) is 2.77. The van der Waals surface area contributed by atoms with Crippen LogP contribution in [0.1, 0.15) is 35.7 Å². The minimum absolute atomic E-state index is 0.0353. The van der Waals surface area contributed by atoms with Crippen LogP contribution in [-0.4, -0.2) is 57.5 Å². The van der Waals surface area contributed by atoms with E-state index in [1.807, 2.05) is 0 Å². The van der Waals surface area contributed by atoms with Crippen molar-refractivity contribution in [3.63, 3.8) is 0 Å². The number of ether oxygens (including phenoxy) is 2. The van der Waals surface area contributed by atoms with Crippen LogP contribution in [0.15, 0.2) is 41.3 Å². The number of nitrogens with zero attached hydrogens (tertiary/aromatic N) is 1. The Kier molecular flexibility index (Phi) is 6.57. The summed E-state index contributed by atoms with van der Waals surface area (Å²) in [5.41, 5.74) is 1.42. The molecule has 0 bridgehead atoms. The van der Waals surface area contributed by atoms with Crippen molar-refractivity contribution >= 4 is 27.5 Å². The molecule has 1 aliphatic carbocycles. The summed E-state index contributed by atoms with van der Waals surface area (Å²) >= 11 is 0. The predicted octanol–water partition coefficient (Wildman–Crippen LogP) is 2.31. The van der Waals surface area contributed by atoms with Crippen molar-refractivity contribution in [1.82, 2.24) is 9.62 Å². The van der Waals surface area contributed by atoms with Crippen molar-refractivity contribution in [3.05, 3.63) is 47.5 Å². The SMILES string of the molecule is CCN(CC(=O)Nc1ccc2c(c1)OCCO2)C(=O)c1cc(S(=O)(=O)NC2CC2)ccc1C. The molecule has 0 spiro atoms. The fourth-order valence-electron chi connectivity index (χ4n) is 3.48. The Balaban J connectivity index is 1.46. The number of fused-ring (bicyclic) bond motifs is 1. The smallest absolute Gasteiger partial charge is 0.254 e. The molecule has 2 amide bonds. The third kappa shape index (κ3) is 5.45. The number of carbonyl (C=O) groups is 2. The van der Waals surface area contributed by atoms with E-state index in [2.05, 4.69) is 10.0 Å². The molecule has 2 aromatic rings. The number of sulfonamides is 1. The van der Waals surface area contributed by atoms with Gasteiger partial charge in [0.25, 0.3) is 5.91 Å². The van der Waals surface area contributed by atoms with Gasteiger partial charge in [-0.3, -0.25) is 9.59 Å². The number of anilines is 1. The van der Waals surface area contributed by atoms with E-state index < -0.39 is 15.9 Å². The summed E-state index contributed by atoms with van der Waals surface area (Å²) in [6.07, 6.45) is 1.64. The van der Waals surface area contributed by atoms with Crippen LogP contribution in [0.25, 0.3) is 0 Å². The molecular weight excluding hydrogens is 446 g/mol. The number of rotatable bonds is 8. The number of hydrogen-bond acceptors (Lipinski definition) is 6. The fourth-order valence-corrected chi connectivity index (χ4v) is 4.81. The van der Waals surface area contributed by atoms with Gasteiger partial charge in [-0.1, -0.05) is 6.07 Å². The van der Waals surface area contributed by atoms with E-state index in [1.54, 1.807) is 38.1 Å². The predicted molar refractivity (Wildman–Crippen MR) is 122 cm³/mol. The quantitative estimate of drug-likeness (QED) is 0.608. The number of carbonyl (C=O) groups excluding carboxylic acids is 2. The summed E-state index contributed by atoms with van der Waals surface area (Å²) in [6.45, 7) is 4.52. The lowest BCUT2D eigenvalue weighted by molar-refractivity contribution is -0.116. The van der Waals surface area contributed by atoms with Gasteiger partial charge < -0.3 is 19.7 Å². The van der Waals surface area contributed by atoms with Crippen LogP contribution >= 0.6 is 0 Å². The Morgan fingerprint density at radius 3 is 2.48 bits per heavy atom. The minimum atomic E-state index is -3.70. The van der Waals surface area contributed by atoms with Gasteiger partial charge in [-0.15, -0.1) is 0 Å². The molecule has 2 aromatic carbocycles. The van der Waals surface area contributed by atoms with Gasteiger partial charge in [0.15, 0.2) is 11.5 Å². The van der Waals surface area contributed by atoms with Gasteiger partial charge >= 0.3 is 0 Å². The molecule has 9 nitrogen and oxygen atoms in total. The summed E-state index contributed by atoms with van der Waals surface area (Å²) < 4.78 is 38.8. The summed E-state index contributed by atoms with van der Waals surface area (Å²) in [6, 6.07) is 9.54. The standard InChI is InChI=1S/C23H27N3O6S/c1-3-26(14-22(27)24-17-7-9-20-21(12-17)32-11-10-31-20)23(28)19-13-18(8-4-15(19)2)33(29,30)25-16-5-6-16/h4,7-9,12-13,16,25H,3,5-6,10-11,14H2,1-2H3,(H,24,27). The molecule has 10 heteroatoms. The number of benzene rings is 2. The topological polar surface area (TPSA) is 114 Å². The Morgan fingerprint density at radius 2 is 1.79 bits per heavy atom. The van der Waals surface area contributed by atoms with Crippen molar-refractivity contribution in [1.29, 1.82) is 0 Å². The third-order valence-corrected chi connectivity index (χ3v) is 7.00. The van der Waals surface area contributed by atoms with Crippen LogP contribution in [0.3, 0.4) is 0 Å². The van der Waals surface area contributed by atoms with E-state index in [0.29, 0.717) is 36.0 Å². The number of likely N-dealkylation sites (N-methyl/N-ethyl adjacent to an activating group) is 1. The highest BCUT2D eigenvalue weighted by atomic mass is 32.2. The van der Waals surface area contributed by atoms with E-state index in [-0.39, 0.29) is 35.5 Å². The van der Waals surface area contributed by atoms with Crippen molar-refractivity contribution in [3.8, 4) is 11.5 Å². The molecule has 1 fully saturated rings. The molecule has 1 heterocycles. The first-order valence-corrected chi connectivity index (χ1v) is 12.4. The lowest BCUT2D eigenvalue weighted by Gasteiger charge is -2.22. The van der Waals surface area contributed by atoms with Crippen LogP contribution in [0.2, 0.25) is 0 Å². The normalized spacial score (nSPS) is 15.1. The molecule has 4 rings (SSSR count). The van der Waals surface area contributed by atoms with E-state index in [1.165, 1.54) is 17.0 Å². The second-order valence-corrected chi connectivity index (χ2v) is 9.81. The van der Waals surface area contributed by atoms with E-state index in [0.717, 1.165) is 12.8 Å². The maximum Gasteiger partial charge on any atom is 0.254 e. The van der Waals surface area contributed by atoms with Gasteiger partial charge in [0.05, 0.1) is 4.90 Å². The first-order chi connectivity index (χ1) is 15.8. The Labute approximate surface area is 193 Å². The largest absolute Gasteiger partial charge is 0.486 e. The number of hydrogen-bond donors (Lipinski definition) is 2. The first kappa shape index (κ1) is 23.1. The van der Waals surface area contributed by atoms with Crippen molar-refractivity contribution in [2.75, 3.05) is 31.6 Å². The van der Waals surface area contributed by atoms with E-state index in [9.17, 15) is 18.0 Å². The molecular formula is C23H27N3O6S. The van der Waals surface area contributed by atoms with Crippen molar-refractivity contribution < 1.29 is 27.5 Å². The molecule has 2 aliphatic rings. The van der Waals surface area contributed by atoms with Gasteiger partial charge in [-0.05, 0) is 56.5 Å². The van der Waals surface area contributed by atoms with E-state index in [4.69, 9.17) is 9.47 Å². The molecule has 0 radical (unpaired) electrons. The lowest BCUT2D eigenvalue weighted by atomic mass is 10.1. The highest BCUT2D eigenvalue weighted by Crippen LogP contribution is 2.32. The van der Waals surface area contributed by atoms with Crippen molar-refractivity contribution in [2.45, 2.75) is 37.6 Å². The average molecular weight is 474 g/mol. The van der Waals surface area contributed by atoms with Gasteiger partial charge in [-0.25, -0.2) is 13.1 Å². The fraction of sp³-hybridized carbons (Fsp3) is 0.391. The maximum atomic E-state index is 13.2. The molecule has 1 saturated carbocycles. The summed E-state index contributed by atoms with van der Waals surface area (Å²) in [7, 11) is -3.70. The van der Waals surface area contributed by atoms with Gasteiger partial charge in [0, 0.05) is 29.9 Å². The molecule has 176 valence electrons. The average Bonchev–Trinajstić information content (AvgIpc) is 3.60. The molecule has 0 unspecified atom stereocenters. The van der Waals surface area contributed by atoms with Crippen LogP contribution in [-0.2, 0) is 14.8 Å². The Hall–Kier alpha value is -3.11. The highest BCUT2D eigenvalue weighted by Gasteiger charge is 2.29. The number of aryl methyl sites for hydroxylation is 1. The number of amides is 2. The second kappa shape index (κ2) is 9.40. The number of nitrogens with one attached hydrogen (secondary N) is 2. The minimum Gasteiger partial charge on any atom is -0.486 e. The van der Waals surface area contributed by atoms with Crippen molar-refractivity contribution in [2.24, 2.45) is 0 Å². The second-order valence-electron chi connectivity index (χ2n) is 8.10. The monoisotopic (exact) mass is 473 g/mol. The zero-order valence-electron chi connectivity index (χ0n) is 18.6. The van der Waals surface area contributed by atoms with E-state index >= 15 is 0 Å². The molecule has 1 aliphatic heterocycles. The molecule has 2 N–H and O–H groups in total.